The Morgan fingerprint density at radius 2 is 1.50 bits per heavy atom. The lowest BCUT2D eigenvalue weighted by Crippen LogP contribution is -2.31. The molecule has 2 amide bonds. The van der Waals surface area contributed by atoms with Crippen LogP contribution in [-0.4, -0.2) is 17.8 Å². The number of carboxylic acid groups (broad SMARTS) is 1. The number of hydrogen-bond donors (Lipinski definition) is 2. The number of carboxylic acids is 1. The fraction of sp³-hybridized carbons (Fsp3) is 0. The molecule has 0 radical (unpaired) electrons. The van der Waals surface area contributed by atoms with Gasteiger partial charge in [-0.05, 0) is 57.4 Å². The Morgan fingerprint density at radius 1 is 0.844 bits per heavy atom. The van der Waals surface area contributed by atoms with Crippen molar-refractivity contribution < 1.29 is 19.5 Å². The molecule has 3 aromatic rings. The SMILES string of the molecule is O=C(Nc1ccc(C(=O)[O-])cc1)C(=CC=Cc1ccccc1)NC(=O)c1ccccc1Br. The highest BCUT2D eigenvalue weighted by molar-refractivity contribution is 9.10. The van der Waals surface area contributed by atoms with Gasteiger partial charge in [-0.2, -0.15) is 0 Å². The van der Waals surface area contributed by atoms with E-state index >= 15 is 0 Å². The third-order valence-electron chi connectivity index (χ3n) is 4.34. The Morgan fingerprint density at radius 3 is 2.16 bits per heavy atom. The van der Waals surface area contributed by atoms with Crippen LogP contribution in [0.25, 0.3) is 6.08 Å². The van der Waals surface area contributed by atoms with E-state index in [9.17, 15) is 19.5 Å². The topological polar surface area (TPSA) is 98.3 Å². The van der Waals surface area contributed by atoms with E-state index < -0.39 is 17.8 Å². The number of anilines is 1. The molecular weight excluding hydrogens is 472 g/mol. The van der Waals surface area contributed by atoms with Gasteiger partial charge in [-0.3, -0.25) is 9.59 Å². The van der Waals surface area contributed by atoms with E-state index in [2.05, 4.69) is 26.6 Å². The third kappa shape index (κ3) is 6.26. The van der Waals surface area contributed by atoms with Crippen molar-refractivity contribution in [3.05, 3.63) is 118 Å². The van der Waals surface area contributed by atoms with Gasteiger partial charge in [-0.1, -0.05) is 66.7 Å². The number of benzene rings is 3. The molecule has 0 aliphatic rings. The molecule has 0 aliphatic carbocycles. The molecule has 0 aliphatic heterocycles. The Labute approximate surface area is 193 Å². The summed E-state index contributed by atoms with van der Waals surface area (Å²) in [4.78, 5) is 36.5. The van der Waals surface area contributed by atoms with Crippen LogP contribution in [0, 0.1) is 0 Å². The van der Waals surface area contributed by atoms with E-state index in [-0.39, 0.29) is 11.3 Å². The second-order valence-corrected chi connectivity index (χ2v) is 7.46. The summed E-state index contributed by atoms with van der Waals surface area (Å²) in [5.41, 5.74) is 1.68. The lowest BCUT2D eigenvalue weighted by molar-refractivity contribution is -0.255. The first-order chi connectivity index (χ1) is 15.4. The van der Waals surface area contributed by atoms with Gasteiger partial charge in [0.15, 0.2) is 0 Å². The largest absolute Gasteiger partial charge is 0.545 e. The van der Waals surface area contributed by atoms with Crippen LogP contribution in [0.1, 0.15) is 26.3 Å². The van der Waals surface area contributed by atoms with E-state index in [1.165, 1.54) is 30.3 Å². The average molecular weight is 490 g/mol. The van der Waals surface area contributed by atoms with E-state index in [0.29, 0.717) is 15.7 Å². The minimum Gasteiger partial charge on any atom is -0.545 e. The highest BCUT2D eigenvalue weighted by Crippen LogP contribution is 2.16. The van der Waals surface area contributed by atoms with Crippen LogP contribution in [-0.2, 0) is 4.79 Å². The van der Waals surface area contributed by atoms with Gasteiger partial charge < -0.3 is 20.5 Å². The number of hydrogen-bond acceptors (Lipinski definition) is 4. The lowest BCUT2D eigenvalue weighted by Gasteiger charge is -2.12. The molecule has 0 unspecified atom stereocenters. The first kappa shape index (κ1) is 22.7. The molecule has 0 bridgehead atoms. The van der Waals surface area contributed by atoms with E-state index in [1.807, 2.05) is 30.3 Å². The number of halogens is 1. The molecule has 0 spiro atoms. The first-order valence-corrected chi connectivity index (χ1v) is 10.4. The van der Waals surface area contributed by atoms with Crippen molar-refractivity contribution in [1.82, 2.24) is 5.32 Å². The van der Waals surface area contributed by atoms with Gasteiger partial charge in [-0.25, -0.2) is 0 Å². The van der Waals surface area contributed by atoms with Gasteiger partial charge in [0.2, 0.25) is 0 Å². The van der Waals surface area contributed by atoms with Crippen LogP contribution < -0.4 is 15.7 Å². The average Bonchev–Trinajstić information content (AvgIpc) is 2.79. The number of carbonyl (C=O) groups excluding carboxylic acids is 3. The van der Waals surface area contributed by atoms with Crippen molar-refractivity contribution in [2.45, 2.75) is 0 Å². The Kier molecular flexibility index (Phi) is 7.72. The summed E-state index contributed by atoms with van der Waals surface area (Å²) in [7, 11) is 0. The fourth-order valence-corrected chi connectivity index (χ4v) is 3.18. The molecule has 0 heterocycles. The van der Waals surface area contributed by atoms with Gasteiger partial charge in [0.25, 0.3) is 11.8 Å². The quantitative estimate of drug-likeness (QED) is 0.389. The van der Waals surface area contributed by atoms with Crippen LogP contribution in [0.15, 0.2) is 101 Å². The molecule has 6 nitrogen and oxygen atoms in total. The van der Waals surface area contributed by atoms with Gasteiger partial charge in [0.1, 0.15) is 5.70 Å². The summed E-state index contributed by atoms with van der Waals surface area (Å²) in [5.74, 6) is -2.33. The van der Waals surface area contributed by atoms with Gasteiger partial charge in [0.05, 0.1) is 11.5 Å². The fourth-order valence-electron chi connectivity index (χ4n) is 2.72. The molecule has 0 saturated heterocycles. The second-order valence-electron chi connectivity index (χ2n) is 6.60. The summed E-state index contributed by atoms with van der Waals surface area (Å²) < 4.78 is 0.593. The smallest absolute Gasteiger partial charge is 0.272 e. The number of nitrogens with one attached hydrogen (secondary N) is 2. The molecule has 3 aromatic carbocycles. The zero-order valence-electron chi connectivity index (χ0n) is 16.7. The van der Waals surface area contributed by atoms with Crippen LogP contribution in [0.2, 0.25) is 0 Å². The number of amides is 2. The number of allylic oxidation sites excluding steroid dienone is 2. The summed E-state index contributed by atoms with van der Waals surface area (Å²) in [6, 6.07) is 21.9. The Hall–Kier alpha value is -3.97. The minimum atomic E-state index is -1.31. The van der Waals surface area contributed by atoms with Crippen molar-refractivity contribution in [2.75, 3.05) is 5.32 Å². The monoisotopic (exact) mass is 489 g/mol. The maximum absolute atomic E-state index is 12.9. The molecule has 0 fully saturated rings. The zero-order valence-corrected chi connectivity index (χ0v) is 18.3. The van der Waals surface area contributed by atoms with Gasteiger partial charge in [-0.15, -0.1) is 0 Å². The maximum atomic E-state index is 12.9. The molecule has 2 N–H and O–H groups in total. The van der Waals surface area contributed by atoms with Crippen LogP contribution >= 0.6 is 15.9 Å². The molecule has 3 rings (SSSR count). The van der Waals surface area contributed by atoms with Crippen LogP contribution in [0.4, 0.5) is 5.69 Å². The third-order valence-corrected chi connectivity index (χ3v) is 5.03. The Balaban J connectivity index is 1.83. The van der Waals surface area contributed by atoms with E-state index in [4.69, 9.17) is 0 Å². The number of carbonyl (C=O) groups is 3. The molecule has 0 saturated carbocycles. The highest BCUT2D eigenvalue weighted by atomic mass is 79.9. The molecular formula is C25H18BrN2O4-. The zero-order chi connectivity index (χ0) is 22.9. The van der Waals surface area contributed by atoms with Crippen molar-refractivity contribution in [1.29, 1.82) is 0 Å². The minimum absolute atomic E-state index is 0.00760. The van der Waals surface area contributed by atoms with Gasteiger partial charge in [0, 0.05) is 10.2 Å². The molecule has 0 atom stereocenters. The summed E-state index contributed by atoms with van der Waals surface area (Å²) in [6.45, 7) is 0. The highest BCUT2D eigenvalue weighted by Gasteiger charge is 2.16. The van der Waals surface area contributed by atoms with Gasteiger partial charge >= 0.3 is 0 Å². The first-order valence-electron chi connectivity index (χ1n) is 9.56. The van der Waals surface area contributed by atoms with Crippen LogP contribution in [0.5, 0.6) is 0 Å². The summed E-state index contributed by atoms with van der Waals surface area (Å²) in [5, 5.41) is 16.2. The van der Waals surface area contributed by atoms with Crippen LogP contribution in [0.3, 0.4) is 0 Å². The molecule has 160 valence electrons. The molecule has 7 heteroatoms. The summed E-state index contributed by atoms with van der Waals surface area (Å²) in [6.07, 6.45) is 4.95. The predicted octanol–water partition coefficient (Wildman–Crippen LogP) is 3.78. The number of rotatable bonds is 7. The number of aromatic carboxylic acids is 1. The van der Waals surface area contributed by atoms with E-state index in [0.717, 1.165) is 5.56 Å². The predicted molar refractivity (Wildman–Crippen MR) is 125 cm³/mol. The Bertz CT molecular complexity index is 1190. The normalized spacial score (nSPS) is 11.2. The maximum Gasteiger partial charge on any atom is 0.272 e. The van der Waals surface area contributed by atoms with E-state index in [1.54, 1.807) is 36.4 Å². The van der Waals surface area contributed by atoms with Crippen molar-refractivity contribution in [3.63, 3.8) is 0 Å². The molecule has 0 aromatic heterocycles. The second kappa shape index (κ2) is 10.9. The standard InChI is InChI=1S/C25H19BrN2O4/c26-21-11-5-4-10-20(21)23(29)28-22(12-6-9-17-7-2-1-3-8-17)24(30)27-19-15-13-18(14-16-19)25(31)32/h1-16H,(H,27,30)(H,28,29)(H,31,32)/p-1. The van der Waals surface area contributed by atoms with Crippen molar-refractivity contribution >= 4 is 45.5 Å². The van der Waals surface area contributed by atoms with Crippen molar-refractivity contribution in [2.24, 2.45) is 0 Å². The molecule has 32 heavy (non-hydrogen) atoms. The lowest BCUT2D eigenvalue weighted by atomic mass is 10.2. The van der Waals surface area contributed by atoms with Crippen molar-refractivity contribution in [3.8, 4) is 0 Å². The summed E-state index contributed by atoms with van der Waals surface area (Å²) >= 11 is 3.33.